The van der Waals surface area contributed by atoms with Gasteiger partial charge in [-0.15, -0.1) is 0 Å². The Morgan fingerprint density at radius 2 is 1.83 bits per heavy atom. The maximum atomic E-state index is 10.9. The standard InChI is InChI=1S/C14H13N2O2/c1-15-11-5-4-7-13(15)10-9-12-6-2-3-8-14(12)16(17)18/h2-11H,1H3/q+1/b10-9+. The second-order valence-corrected chi connectivity index (χ2v) is 3.89. The van der Waals surface area contributed by atoms with E-state index in [0.29, 0.717) is 5.56 Å². The third-order valence-electron chi connectivity index (χ3n) is 2.66. The van der Waals surface area contributed by atoms with Crippen LogP contribution in [0.15, 0.2) is 48.7 Å². The molecule has 1 heterocycles. The zero-order valence-electron chi connectivity index (χ0n) is 9.98. The Kier molecular flexibility index (Phi) is 3.48. The highest BCUT2D eigenvalue weighted by Gasteiger charge is 2.09. The van der Waals surface area contributed by atoms with E-state index in [2.05, 4.69) is 0 Å². The molecule has 0 saturated heterocycles. The molecule has 0 radical (unpaired) electrons. The molecule has 4 heteroatoms. The molecule has 1 aromatic carbocycles. The quantitative estimate of drug-likeness (QED) is 0.471. The van der Waals surface area contributed by atoms with Crippen molar-refractivity contribution in [3.63, 3.8) is 0 Å². The lowest BCUT2D eigenvalue weighted by atomic mass is 10.1. The molecule has 4 nitrogen and oxygen atoms in total. The second-order valence-electron chi connectivity index (χ2n) is 3.89. The van der Waals surface area contributed by atoms with Gasteiger partial charge in [-0.05, 0) is 18.2 Å². The summed E-state index contributed by atoms with van der Waals surface area (Å²) in [6.07, 6.45) is 5.55. The molecule has 18 heavy (non-hydrogen) atoms. The highest BCUT2D eigenvalue weighted by atomic mass is 16.6. The Hall–Kier alpha value is -2.49. The van der Waals surface area contributed by atoms with Crippen LogP contribution < -0.4 is 4.57 Å². The third kappa shape index (κ3) is 2.60. The lowest BCUT2D eigenvalue weighted by molar-refractivity contribution is -0.673. The molecule has 0 saturated carbocycles. The predicted molar refractivity (Wildman–Crippen MR) is 69.6 cm³/mol. The first kappa shape index (κ1) is 12.0. The van der Waals surface area contributed by atoms with E-state index < -0.39 is 0 Å². The van der Waals surface area contributed by atoms with Crippen molar-refractivity contribution in [2.24, 2.45) is 7.05 Å². The molecule has 0 amide bonds. The van der Waals surface area contributed by atoms with Crippen LogP contribution in [0.2, 0.25) is 0 Å². The van der Waals surface area contributed by atoms with Crippen molar-refractivity contribution in [1.29, 1.82) is 0 Å². The summed E-state index contributed by atoms with van der Waals surface area (Å²) in [5, 5.41) is 10.9. The van der Waals surface area contributed by atoms with Crippen LogP contribution in [0.3, 0.4) is 0 Å². The summed E-state index contributed by atoms with van der Waals surface area (Å²) in [6.45, 7) is 0. The van der Waals surface area contributed by atoms with Crippen LogP contribution in [0.25, 0.3) is 12.2 Å². The van der Waals surface area contributed by atoms with Gasteiger partial charge in [0.05, 0.1) is 10.5 Å². The summed E-state index contributed by atoms with van der Waals surface area (Å²) in [4.78, 5) is 10.5. The molecule has 90 valence electrons. The molecular formula is C14H13N2O2+. The Morgan fingerprint density at radius 1 is 1.11 bits per heavy atom. The number of para-hydroxylation sites is 1. The molecule has 0 aliphatic carbocycles. The number of hydrogen-bond donors (Lipinski definition) is 0. The maximum Gasteiger partial charge on any atom is 0.276 e. The minimum absolute atomic E-state index is 0.118. The molecule has 2 aromatic rings. The van der Waals surface area contributed by atoms with Crippen LogP contribution in [-0.2, 0) is 7.05 Å². The van der Waals surface area contributed by atoms with Gasteiger partial charge in [-0.3, -0.25) is 10.1 Å². The van der Waals surface area contributed by atoms with E-state index in [1.165, 1.54) is 6.07 Å². The summed E-state index contributed by atoms with van der Waals surface area (Å²) in [5.41, 5.74) is 1.70. The van der Waals surface area contributed by atoms with E-state index in [0.717, 1.165) is 5.69 Å². The summed E-state index contributed by atoms with van der Waals surface area (Å²) in [6, 6.07) is 12.5. The van der Waals surface area contributed by atoms with Gasteiger partial charge in [0.25, 0.3) is 5.69 Å². The average molecular weight is 241 g/mol. The Bertz CT molecular complexity index is 606. The number of aromatic nitrogens is 1. The van der Waals surface area contributed by atoms with Gasteiger partial charge in [-0.25, -0.2) is 4.57 Å². The number of benzene rings is 1. The summed E-state index contributed by atoms with van der Waals surface area (Å²) < 4.78 is 1.95. The lowest BCUT2D eigenvalue weighted by Gasteiger charge is -1.96. The Labute approximate surface area is 105 Å². The van der Waals surface area contributed by atoms with Crippen molar-refractivity contribution in [3.05, 3.63) is 70.0 Å². The van der Waals surface area contributed by atoms with E-state index in [4.69, 9.17) is 0 Å². The highest BCUT2D eigenvalue weighted by Crippen LogP contribution is 2.19. The number of hydrogen-bond acceptors (Lipinski definition) is 2. The fourth-order valence-electron chi connectivity index (χ4n) is 1.68. The SMILES string of the molecule is C[n+]1ccccc1/C=C/c1ccccc1[N+](=O)[O-]. The van der Waals surface area contributed by atoms with Gasteiger partial charge < -0.3 is 0 Å². The van der Waals surface area contributed by atoms with Crippen molar-refractivity contribution >= 4 is 17.8 Å². The van der Waals surface area contributed by atoms with Crippen LogP contribution in [0.5, 0.6) is 0 Å². The van der Waals surface area contributed by atoms with Crippen LogP contribution >= 0.6 is 0 Å². The molecule has 1 aromatic heterocycles. The van der Waals surface area contributed by atoms with Crippen LogP contribution in [-0.4, -0.2) is 4.92 Å². The first-order valence-corrected chi connectivity index (χ1v) is 5.54. The molecule has 0 bridgehead atoms. The van der Waals surface area contributed by atoms with Gasteiger partial charge in [0, 0.05) is 24.3 Å². The number of nitrogens with zero attached hydrogens (tertiary/aromatic N) is 2. The van der Waals surface area contributed by atoms with Gasteiger partial charge in [0.1, 0.15) is 7.05 Å². The first-order chi connectivity index (χ1) is 8.68. The van der Waals surface area contributed by atoms with E-state index in [9.17, 15) is 10.1 Å². The molecular weight excluding hydrogens is 228 g/mol. The zero-order chi connectivity index (χ0) is 13.0. The fraction of sp³-hybridized carbons (Fsp3) is 0.0714. The van der Waals surface area contributed by atoms with Gasteiger partial charge in [-0.1, -0.05) is 12.1 Å². The van der Waals surface area contributed by atoms with E-state index >= 15 is 0 Å². The molecule has 0 unspecified atom stereocenters. The number of rotatable bonds is 3. The third-order valence-corrected chi connectivity index (χ3v) is 2.66. The summed E-state index contributed by atoms with van der Waals surface area (Å²) >= 11 is 0. The van der Waals surface area contributed by atoms with E-state index in [1.807, 2.05) is 42.1 Å². The molecule has 0 atom stereocenters. The Morgan fingerprint density at radius 3 is 2.56 bits per heavy atom. The largest absolute Gasteiger partial charge is 0.276 e. The van der Waals surface area contributed by atoms with Gasteiger partial charge in [0.15, 0.2) is 6.20 Å². The summed E-state index contributed by atoms with van der Waals surface area (Å²) in [5.74, 6) is 0. The number of nitro benzene ring substituents is 1. The van der Waals surface area contributed by atoms with Gasteiger partial charge in [0.2, 0.25) is 5.69 Å². The minimum atomic E-state index is -0.370. The molecule has 0 spiro atoms. The predicted octanol–water partition coefficient (Wildman–Crippen LogP) is 2.59. The molecule has 0 N–H and O–H groups in total. The monoisotopic (exact) mass is 241 g/mol. The average Bonchev–Trinajstić information content (AvgIpc) is 2.38. The molecule has 0 aliphatic heterocycles. The lowest BCUT2D eigenvalue weighted by Crippen LogP contribution is -2.30. The summed E-state index contributed by atoms with van der Waals surface area (Å²) in [7, 11) is 1.93. The van der Waals surface area contributed by atoms with Crippen LogP contribution in [0.1, 0.15) is 11.3 Å². The van der Waals surface area contributed by atoms with Crippen LogP contribution in [0, 0.1) is 10.1 Å². The number of nitro groups is 1. The van der Waals surface area contributed by atoms with Crippen molar-refractivity contribution in [2.45, 2.75) is 0 Å². The maximum absolute atomic E-state index is 10.9. The number of pyridine rings is 1. The van der Waals surface area contributed by atoms with Gasteiger partial charge >= 0.3 is 0 Å². The van der Waals surface area contributed by atoms with Crippen molar-refractivity contribution in [2.75, 3.05) is 0 Å². The molecule has 2 rings (SSSR count). The normalized spacial score (nSPS) is 10.7. The highest BCUT2D eigenvalue weighted by molar-refractivity contribution is 5.72. The topological polar surface area (TPSA) is 47.0 Å². The van der Waals surface area contributed by atoms with Crippen molar-refractivity contribution < 1.29 is 9.49 Å². The minimum Gasteiger partial charge on any atom is -0.258 e. The van der Waals surface area contributed by atoms with E-state index in [1.54, 1.807) is 24.3 Å². The van der Waals surface area contributed by atoms with Crippen LogP contribution in [0.4, 0.5) is 5.69 Å². The molecule has 0 aliphatic rings. The Balaban J connectivity index is 2.35. The fourth-order valence-corrected chi connectivity index (χ4v) is 1.68. The number of aryl methyl sites for hydroxylation is 1. The van der Waals surface area contributed by atoms with Crippen molar-refractivity contribution in [3.8, 4) is 0 Å². The molecule has 0 fully saturated rings. The first-order valence-electron chi connectivity index (χ1n) is 5.54. The van der Waals surface area contributed by atoms with Gasteiger partial charge in [-0.2, -0.15) is 0 Å². The van der Waals surface area contributed by atoms with E-state index in [-0.39, 0.29) is 10.6 Å². The second kappa shape index (κ2) is 5.23. The smallest absolute Gasteiger partial charge is 0.258 e. The zero-order valence-corrected chi connectivity index (χ0v) is 9.98. The van der Waals surface area contributed by atoms with Crippen molar-refractivity contribution in [1.82, 2.24) is 0 Å².